The van der Waals surface area contributed by atoms with Crippen LogP contribution in [0.2, 0.25) is 0 Å². The molecule has 2 heterocycles. The molecule has 108 valence electrons. The van der Waals surface area contributed by atoms with E-state index in [-0.39, 0.29) is 18.2 Å². The second-order valence-electron chi connectivity index (χ2n) is 4.18. The summed E-state index contributed by atoms with van der Waals surface area (Å²) >= 11 is 1.43. The normalized spacial score (nSPS) is 13.2. The highest BCUT2D eigenvalue weighted by atomic mass is 32.2. The van der Waals surface area contributed by atoms with Gasteiger partial charge in [0.1, 0.15) is 5.69 Å². The van der Waals surface area contributed by atoms with Crippen molar-refractivity contribution < 1.29 is 12.8 Å². The van der Waals surface area contributed by atoms with Gasteiger partial charge < -0.3 is 5.32 Å². The molecule has 0 aliphatic rings. The molecule has 9 heteroatoms. The van der Waals surface area contributed by atoms with Gasteiger partial charge in [-0.2, -0.15) is 11.3 Å². The number of hydrogen-bond donors (Lipinski definition) is 2. The average molecular weight is 316 g/mol. The molecule has 0 aliphatic carbocycles. The number of sulfonamides is 1. The molecule has 0 bridgehead atoms. The van der Waals surface area contributed by atoms with Crippen molar-refractivity contribution in [3.63, 3.8) is 0 Å². The second-order valence-corrected chi connectivity index (χ2v) is 6.95. The second kappa shape index (κ2) is 5.81. The van der Waals surface area contributed by atoms with E-state index in [1.807, 2.05) is 5.38 Å². The number of thiophene rings is 1. The highest BCUT2D eigenvalue weighted by molar-refractivity contribution is 7.89. The third-order valence-electron chi connectivity index (χ3n) is 2.65. The summed E-state index contributed by atoms with van der Waals surface area (Å²) in [5, 5.41) is 10.5. The molecule has 3 N–H and O–H groups in total. The van der Waals surface area contributed by atoms with Crippen molar-refractivity contribution in [3.05, 3.63) is 28.8 Å². The van der Waals surface area contributed by atoms with Gasteiger partial charge in [0.15, 0.2) is 5.82 Å². The lowest BCUT2D eigenvalue weighted by Crippen LogP contribution is -2.32. The fourth-order valence-corrected chi connectivity index (χ4v) is 2.36. The smallest absolute Gasteiger partial charge is 0.223 e. The number of halogens is 1. The molecule has 1 atom stereocenters. The van der Waals surface area contributed by atoms with Gasteiger partial charge in [-0.1, -0.05) is 0 Å². The lowest BCUT2D eigenvalue weighted by molar-refractivity contribution is 0.586. The molecule has 0 aromatic carbocycles. The first-order valence-corrected chi connectivity index (χ1v) is 8.23. The largest absolute Gasteiger partial charge is 0.353 e. The molecule has 0 radical (unpaired) electrons. The lowest BCUT2D eigenvalue weighted by Gasteiger charge is -2.11. The zero-order chi connectivity index (χ0) is 14.8. The Hall–Kier alpha value is -1.58. The van der Waals surface area contributed by atoms with E-state index in [1.54, 1.807) is 11.4 Å². The molecule has 1 unspecified atom stereocenters. The van der Waals surface area contributed by atoms with E-state index in [9.17, 15) is 12.8 Å². The molecule has 0 saturated heterocycles. The predicted octanol–water partition coefficient (Wildman–Crippen LogP) is 1.43. The summed E-state index contributed by atoms with van der Waals surface area (Å²) in [7, 11) is -3.62. The van der Waals surface area contributed by atoms with Crippen molar-refractivity contribution in [1.82, 2.24) is 9.97 Å². The molecule has 2 aromatic heterocycles. The Bertz CT molecular complexity index is 688. The maximum Gasteiger partial charge on any atom is 0.223 e. The number of nitrogens with one attached hydrogen (secondary N) is 1. The molecule has 2 aromatic rings. The highest BCUT2D eigenvalue weighted by Gasteiger charge is 2.16. The van der Waals surface area contributed by atoms with Crippen LogP contribution in [0.25, 0.3) is 11.3 Å². The summed E-state index contributed by atoms with van der Waals surface area (Å²) in [6, 6.07) is 1.74. The summed E-state index contributed by atoms with van der Waals surface area (Å²) in [5.41, 5.74) is 0.824. The Morgan fingerprint density at radius 2 is 2.30 bits per heavy atom. The van der Waals surface area contributed by atoms with Crippen molar-refractivity contribution in [2.45, 2.75) is 12.2 Å². The minimum Gasteiger partial charge on any atom is -0.353 e. The van der Waals surface area contributed by atoms with E-state index in [2.05, 4.69) is 15.3 Å². The first-order chi connectivity index (χ1) is 9.38. The van der Waals surface area contributed by atoms with Crippen molar-refractivity contribution in [3.8, 4) is 11.3 Å². The minimum atomic E-state index is -3.62. The first-order valence-electron chi connectivity index (χ1n) is 5.68. The van der Waals surface area contributed by atoms with Crippen LogP contribution in [0.3, 0.4) is 0 Å². The number of rotatable bonds is 5. The summed E-state index contributed by atoms with van der Waals surface area (Å²) < 4.78 is 35.9. The summed E-state index contributed by atoms with van der Waals surface area (Å²) in [4.78, 5) is 7.82. The van der Waals surface area contributed by atoms with Gasteiger partial charge >= 0.3 is 0 Å². The van der Waals surface area contributed by atoms with Crippen LogP contribution in [0.4, 0.5) is 10.3 Å². The number of anilines is 1. The number of nitrogens with zero attached hydrogens (tertiary/aromatic N) is 2. The molecular weight excluding hydrogens is 303 g/mol. The van der Waals surface area contributed by atoms with E-state index in [1.165, 1.54) is 18.3 Å². The molecule has 6 nitrogen and oxygen atoms in total. The van der Waals surface area contributed by atoms with Gasteiger partial charge in [0.2, 0.25) is 16.0 Å². The van der Waals surface area contributed by atoms with E-state index in [0.29, 0.717) is 5.56 Å². The topological polar surface area (TPSA) is 98.0 Å². The zero-order valence-electron chi connectivity index (χ0n) is 10.6. The monoisotopic (exact) mass is 316 g/mol. The average Bonchev–Trinajstić information content (AvgIpc) is 2.90. The summed E-state index contributed by atoms with van der Waals surface area (Å²) in [6.45, 7) is 1.51. The van der Waals surface area contributed by atoms with Crippen LogP contribution in [0, 0.1) is 5.82 Å². The van der Waals surface area contributed by atoms with Crippen LogP contribution < -0.4 is 10.5 Å². The lowest BCUT2D eigenvalue weighted by atomic mass is 10.2. The van der Waals surface area contributed by atoms with Crippen molar-refractivity contribution >= 4 is 27.3 Å². The van der Waals surface area contributed by atoms with Gasteiger partial charge in [-0.25, -0.2) is 27.9 Å². The Kier molecular flexibility index (Phi) is 4.31. The van der Waals surface area contributed by atoms with Crippen LogP contribution >= 0.6 is 11.3 Å². The molecule has 0 spiro atoms. The van der Waals surface area contributed by atoms with Gasteiger partial charge in [-0.15, -0.1) is 0 Å². The van der Waals surface area contributed by atoms with E-state index in [0.717, 1.165) is 6.20 Å². The molecular formula is C11H13FN4O2S2. The summed E-state index contributed by atoms with van der Waals surface area (Å²) in [6.07, 6.45) is 1.05. The van der Waals surface area contributed by atoms with Gasteiger partial charge in [-0.05, 0) is 18.4 Å². The van der Waals surface area contributed by atoms with E-state index >= 15 is 0 Å². The maximum absolute atomic E-state index is 13.7. The molecule has 0 saturated carbocycles. The number of primary sulfonamides is 1. The Labute approximate surface area is 119 Å². The van der Waals surface area contributed by atoms with Crippen LogP contribution in [-0.4, -0.2) is 30.2 Å². The van der Waals surface area contributed by atoms with Gasteiger partial charge in [0.25, 0.3) is 0 Å². The molecule has 2 rings (SSSR count). The third kappa shape index (κ3) is 3.50. The van der Waals surface area contributed by atoms with E-state index in [4.69, 9.17) is 5.14 Å². The minimum absolute atomic E-state index is 0.0491. The van der Waals surface area contributed by atoms with Crippen LogP contribution in [0.15, 0.2) is 23.0 Å². The van der Waals surface area contributed by atoms with Crippen molar-refractivity contribution in [1.29, 1.82) is 0 Å². The number of hydrogen-bond acceptors (Lipinski definition) is 6. The van der Waals surface area contributed by atoms with Crippen LogP contribution in [-0.2, 0) is 10.0 Å². The Morgan fingerprint density at radius 1 is 1.55 bits per heavy atom. The highest BCUT2D eigenvalue weighted by Crippen LogP contribution is 2.23. The Morgan fingerprint density at radius 3 is 2.90 bits per heavy atom. The maximum atomic E-state index is 13.7. The van der Waals surface area contributed by atoms with Gasteiger partial charge in [0.05, 0.1) is 11.4 Å². The molecule has 20 heavy (non-hydrogen) atoms. The van der Waals surface area contributed by atoms with Gasteiger partial charge in [0, 0.05) is 17.5 Å². The van der Waals surface area contributed by atoms with Crippen LogP contribution in [0.5, 0.6) is 0 Å². The summed E-state index contributed by atoms with van der Waals surface area (Å²) in [5.74, 6) is -0.378. The number of aromatic nitrogens is 2. The fraction of sp³-hybridized carbons (Fsp3) is 0.273. The fourth-order valence-electron chi connectivity index (χ4n) is 1.41. The van der Waals surface area contributed by atoms with Crippen LogP contribution in [0.1, 0.15) is 6.92 Å². The van der Waals surface area contributed by atoms with E-state index < -0.39 is 21.1 Å². The Balaban J connectivity index is 2.17. The SMILES string of the molecule is CC(CNc1ncc(F)c(-c2ccsc2)n1)S(N)(=O)=O. The third-order valence-corrected chi connectivity index (χ3v) is 4.62. The quantitative estimate of drug-likeness (QED) is 0.869. The predicted molar refractivity (Wildman–Crippen MR) is 76.4 cm³/mol. The molecule has 0 aliphatic heterocycles. The van der Waals surface area contributed by atoms with Crippen molar-refractivity contribution in [2.75, 3.05) is 11.9 Å². The standard InChI is InChI=1S/C11H13FN4O2S2/c1-7(20(13,17)18)4-14-11-15-5-9(12)10(16-11)8-2-3-19-6-8/h2-3,5-7H,4H2,1H3,(H2,13,17,18)(H,14,15,16). The first kappa shape index (κ1) is 14.8. The number of nitrogens with two attached hydrogens (primary N) is 1. The zero-order valence-corrected chi connectivity index (χ0v) is 12.2. The van der Waals surface area contributed by atoms with Gasteiger partial charge in [-0.3, -0.25) is 0 Å². The van der Waals surface area contributed by atoms with Crippen molar-refractivity contribution in [2.24, 2.45) is 5.14 Å². The molecule has 0 amide bonds. The molecule has 0 fully saturated rings.